The van der Waals surface area contributed by atoms with Crippen LogP contribution in [-0.2, 0) is 9.68 Å². The van der Waals surface area contributed by atoms with E-state index in [2.05, 4.69) is 28.5 Å². The quantitative estimate of drug-likeness (QED) is 0.740. The fourth-order valence-corrected chi connectivity index (χ4v) is 2.33. The van der Waals surface area contributed by atoms with Crippen LogP contribution in [0, 0.1) is 0 Å². The van der Waals surface area contributed by atoms with Gasteiger partial charge < -0.3 is 9.68 Å². The Bertz CT molecular complexity index is 724. The van der Waals surface area contributed by atoms with E-state index >= 15 is 0 Å². The Labute approximate surface area is 116 Å². The van der Waals surface area contributed by atoms with Gasteiger partial charge in [0.2, 0.25) is 0 Å². The molecule has 4 aliphatic rings. The van der Waals surface area contributed by atoms with Crippen LogP contribution in [0.2, 0.25) is 0 Å². The molecule has 4 nitrogen and oxygen atoms in total. The van der Waals surface area contributed by atoms with Gasteiger partial charge in [0.05, 0.1) is 0 Å². The van der Waals surface area contributed by atoms with Gasteiger partial charge in [-0.05, 0) is 24.6 Å². The number of hydroxylamine groups is 1. The first-order valence-electron chi connectivity index (χ1n) is 6.53. The number of allylic oxidation sites excluding steroid dienone is 8. The molecule has 2 aliphatic carbocycles. The lowest BCUT2D eigenvalue weighted by atomic mass is 10.0. The van der Waals surface area contributed by atoms with Crippen LogP contribution in [0.15, 0.2) is 81.8 Å². The zero-order valence-corrected chi connectivity index (χ0v) is 10.7. The molecule has 0 bridgehead atoms. The summed E-state index contributed by atoms with van der Waals surface area (Å²) in [6.07, 6.45) is 15.6. The molecule has 0 saturated heterocycles. The number of nitrogens with zero attached hydrogens (tertiary/aromatic N) is 1. The molecule has 4 heteroatoms. The first kappa shape index (κ1) is 11.1. The Hall–Kier alpha value is -2.71. The maximum absolute atomic E-state index is 5.51. The normalized spacial score (nSPS) is 22.4. The second kappa shape index (κ2) is 4.44. The van der Waals surface area contributed by atoms with Crippen molar-refractivity contribution in [3.05, 3.63) is 76.6 Å². The minimum atomic E-state index is 0.702. The third kappa shape index (κ3) is 1.83. The van der Waals surface area contributed by atoms with Crippen LogP contribution in [0.1, 0.15) is 12.8 Å². The van der Waals surface area contributed by atoms with E-state index in [0.717, 1.165) is 35.5 Å². The van der Waals surface area contributed by atoms with Crippen molar-refractivity contribution >= 4 is 5.71 Å². The number of oxime groups is 1. The van der Waals surface area contributed by atoms with Gasteiger partial charge in [0.1, 0.15) is 11.4 Å². The third-order valence-electron chi connectivity index (χ3n) is 3.39. The van der Waals surface area contributed by atoms with Crippen LogP contribution in [0.3, 0.4) is 0 Å². The van der Waals surface area contributed by atoms with Gasteiger partial charge in [0.15, 0.2) is 11.5 Å². The molecule has 0 amide bonds. The van der Waals surface area contributed by atoms with Gasteiger partial charge in [-0.3, -0.25) is 0 Å². The zero-order valence-electron chi connectivity index (χ0n) is 10.7. The highest BCUT2D eigenvalue weighted by atomic mass is 16.7. The summed E-state index contributed by atoms with van der Waals surface area (Å²) in [7, 11) is 0. The summed E-state index contributed by atoms with van der Waals surface area (Å²) >= 11 is 0. The van der Waals surface area contributed by atoms with E-state index in [-0.39, 0.29) is 0 Å². The second-order valence-electron chi connectivity index (χ2n) is 4.75. The lowest BCUT2D eigenvalue weighted by molar-refractivity contribution is 0.137. The molecule has 0 aromatic rings. The molecule has 1 N–H and O–H groups in total. The molecular weight excluding hydrogens is 252 g/mol. The van der Waals surface area contributed by atoms with Crippen molar-refractivity contribution in [1.82, 2.24) is 5.48 Å². The van der Waals surface area contributed by atoms with E-state index in [4.69, 9.17) is 9.68 Å². The molecule has 0 aromatic carbocycles. The van der Waals surface area contributed by atoms with Gasteiger partial charge in [-0.2, -0.15) is 0 Å². The molecule has 20 heavy (non-hydrogen) atoms. The molecule has 0 unspecified atom stereocenters. The first-order valence-corrected chi connectivity index (χ1v) is 6.53. The maximum atomic E-state index is 5.51. The summed E-state index contributed by atoms with van der Waals surface area (Å²) in [5.41, 5.74) is 9.72. The van der Waals surface area contributed by atoms with Gasteiger partial charge in [-0.15, -0.1) is 0 Å². The van der Waals surface area contributed by atoms with Gasteiger partial charge in [0.25, 0.3) is 0 Å². The Kier molecular flexibility index (Phi) is 2.47. The SMILES string of the molecule is C1=C2CC=CC=C2ONC=1C1=NOC2=CC=CCC2=C1. The fourth-order valence-electron chi connectivity index (χ4n) is 2.33. The molecule has 0 aromatic heterocycles. The Balaban J connectivity index is 1.72. The summed E-state index contributed by atoms with van der Waals surface area (Å²) in [6, 6.07) is 0. The van der Waals surface area contributed by atoms with E-state index in [1.807, 2.05) is 30.4 Å². The standard InChI is InChI=1S/C16H12N2O2/c1-3-7-15-11(5-1)9-13(17-19-15)14-10-12-6-2-4-8-16(12)20-18-14/h1-4,7-9,18H,5-6H2. The zero-order chi connectivity index (χ0) is 13.4. The summed E-state index contributed by atoms with van der Waals surface area (Å²) in [6.45, 7) is 0. The highest BCUT2D eigenvalue weighted by Crippen LogP contribution is 2.27. The van der Waals surface area contributed by atoms with Gasteiger partial charge >= 0.3 is 0 Å². The minimum Gasteiger partial charge on any atom is -0.381 e. The highest BCUT2D eigenvalue weighted by molar-refractivity contribution is 6.08. The number of rotatable bonds is 1. The van der Waals surface area contributed by atoms with Gasteiger partial charge in [0, 0.05) is 17.6 Å². The molecule has 0 fully saturated rings. The van der Waals surface area contributed by atoms with Crippen molar-refractivity contribution in [3.63, 3.8) is 0 Å². The summed E-state index contributed by atoms with van der Waals surface area (Å²) in [4.78, 5) is 10.9. The van der Waals surface area contributed by atoms with Crippen molar-refractivity contribution in [2.45, 2.75) is 12.8 Å². The van der Waals surface area contributed by atoms with Crippen molar-refractivity contribution < 1.29 is 9.68 Å². The van der Waals surface area contributed by atoms with E-state index < -0.39 is 0 Å². The first-order chi connectivity index (χ1) is 9.90. The van der Waals surface area contributed by atoms with E-state index in [0.29, 0.717) is 11.4 Å². The molecular formula is C16H12N2O2. The van der Waals surface area contributed by atoms with E-state index in [1.54, 1.807) is 0 Å². The molecule has 2 heterocycles. The number of nitrogens with one attached hydrogen (secondary N) is 1. The predicted octanol–water partition coefficient (Wildman–Crippen LogP) is 2.93. The Morgan fingerprint density at radius 3 is 2.90 bits per heavy atom. The fraction of sp³-hybridized carbons (Fsp3) is 0.125. The molecule has 2 aliphatic heterocycles. The van der Waals surface area contributed by atoms with Crippen molar-refractivity contribution in [2.75, 3.05) is 0 Å². The Morgan fingerprint density at radius 2 is 1.95 bits per heavy atom. The van der Waals surface area contributed by atoms with Crippen LogP contribution in [0.5, 0.6) is 0 Å². The van der Waals surface area contributed by atoms with Crippen molar-refractivity contribution in [1.29, 1.82) is 0 Å². The maximum Gasteiger partial charge on any atom is 0.166 e. The molecule has 0 atom stereocenters. The molecule has 0 spiro atoms. The van der Waals surface area contributed by atoms with Crippen molar-refractivity contribution in [2.24, 2.45) is 5.16 Å². The monoisotopic (exact) mass is 264 g/mol. The largest absolute Gasteiger partial charge is 0.381 e. The second-order valence-corrected chi connectivity index (χ2v) is 4.75. The van der Waals surface area contributed by atoms with Crippen LogP contribution in [0.4, 0.5) is 0 Å². The van der Waals surface area contributed by atoms with Crippen LogP contribution in [0.25, 0.3) is 0 Å². The third-order valence-corrected chi connectivity index (χ3v) is 3.39. The number of hydrogen-bond donors (Lipinski definition) is 1. The smallest absolute Gasteiger partial charge is 0.166 e. The summed E-state index contributed by atoms with van der Waals surface area (Å²) in [5.74, 6) is 1.62. The van der Waals surface area contributed by atoms with Crippen LogP contribution >= 0.6 is 0 Å². The number of fused-ring (bicyclic) bond motifs is 2. The lowest BCUT2D eigenvalue weighted by Gasteiger charge is -2.22. The summed E-state index contributed by atoms with van der Waals surface area (Å²) < 4.78 is 0. The predicted molar refractivity (Wildman–Crippen MR) is 75.0 cm³/mol. The molecule has 0 radical (unpaired) electrons. The van der Waals surface area contributed by atoms with E-state index in [9.17, 15) is 0 Å². The number of hydrogen-bond acceptors (Lipinski definition) is 4. The minimum absolute atomic E-state index is 0.702. The molecule has 98 valence electrons. The Morgan fingerprint density at radius 1 is 1.10 bits per heavy atom. The van der Waals surface area contributed by atoms with E-state index in [1.165, 1.54) is 0 Å². The highest BCUT2D eigenvalue weighted by Gasteiger charge is 2.21. The van der Waals surface area contributed by atoms with Crippen molar-refractivity contribution in [3.8, 4) is 0 Å². The topological polar surface area (TPSA) is 42.8 Å². The van der Waals surface area contributed by atoms with Crippen LogP contribution < -0.4 is 5.48 Å². The molecule has 4 rings (SSSR count). The average molecular weight is 264 g/mol. The lowest BCUT2D eigenvalue weighted by Crippen LogP contribution is -2.25. The molecule has 0 saturated carbocycles. The van der Waals surface area contributed by atoms with Gasteiger partial charge in [-0.1, -0.05) is 35.2 Å². The van der Waals surface area contributed by atoms with Crippen LogP contribution in [-0.4, -0.2) is 5.71 Å². The average Bonchev–Trinajstić information content (AvgIpc) is 2.54. The summed E-state index contributed by atoms with van der Waals surface area (Å²) in [5, 5.41) is 4.12. The van der Waals surface area contributed by atoms with Gasteiger partial charge in [-0.25, -0.2) is 5.48 Å².